The van der Waals surface area contributed by atoms with Gasteiger partial charge in [0, 0.05) is 13.1 Å². The molecule has 1 aliphatic rings. The topological polar surface area (TPSA) is 50.1 Å². The van der Waals surface area contributed by atoms with E-state index in [1.54, 1.807) is 6.07 Å². The lowest BCUT2D eigenvalue weighted by molar-refractivity contribution is 0.443. The van der Waals surface area contributed by atoms with Crippen molar-refractivity contribution in [2.45, 2.75) is 19.5 Å². The van der Waals surface area contributed by atoms with Crippen molar-refractivity contribution in [3.63, 3.8) is 0 Å². The molecule has 0 spiro atoms. The van der Waals surface area contributed by atoms with E-state index in [4.69, 9.17) is 0 Å². The van der Waals surface area contributed by atoms with Gasteiger partial charge in [-0.3, -0.25) is 0 Å². The normalized spacial score (nSPS) is 19.2. The number of hydrogen-bond donors (Lipinski definition) is 2. The Morgan fingerprint density at radius 3 is 3.12 bits per heavy atom. The first kappa shape index (κ1) is 11.4. The van der Waals surface area contributed by atoms with Crippen LogP contribution in [0.3, 0.4) is 0 Å². The predicted octanol–water partition coefficient (Wildman–Crippen LogP) is 1.98. The molecule has 0 saturated carbocycles. The second kappa shape index (κ2) is 4.07. The molecule has 3 rings (SSSR count). The predicted molar refractivity (Wildman–Crippen MR) is 68.1 cm³/mol. The summed E-state index contributed by atoms with van der Waals surface area (Å²) in [4.78, 5) is 4.48. The summed E-state index contributed by atoms with van der Waals surface area (Å²) in [6.45, 7) is 3.96. The summed E-state index contributed by atoms with van der Waals surface area (Å²) in [6, 6.07) is 5.80. The van der Waals surface area contributed by atoms with Gasteiger partial charge in [-0.25, -0.2) is 4.98 Å². The van der Waals surface area contributed by atoms with E-state index in [0.717, 1.165) is 24.4 Å². The van der Waals surface area contributed by atoms with Crippen LogP contribution in [-0.4, -0.2) is 21.2 Å². The third-order valence-corrected chi connectivity index (χ3v) is 2.96. The Hall–Kier alpha value is -1.07. The van der Waals surface area contributed by atoms with Crippen LogP contribution in [-0.2, 0) is 6.54 Å². The van der Waals surface area contributed by atoms with E-state index in [-0.39, 0.29) is 28.8 Å². The third kappa shape index (κ3) is 1.51. The molecule has 1 aliphatic heterocycles. The summed E-state index contributed by atoms with van der Waals surface area (Å²) in [6.07, 6.45) is 0. The monoisotopic (exact) mass is 283 g/mol. The van der Waals surface area contributed by atoms with E-state index in [9.17, 15) is 5.11 Å². The van der Waals surface area contributed by atoms with Crippen LogP contribution in [0.1, 0.15) is 18.8 Å². The minimum absolute atomic E-state index is 0. The number of hydrogen-bond acceptors (Lipinski definition) is 3. The molecule has 16 heavy (non-hydrogen) atoms. The quantitative estimate of drug-likeness (QED) is 0.777. The number of nitrogens with one attached hydrogen (secondary N) is 1. The van der Waals surface area contributed by atoms with Crippen LogP contribution in [0.2, 0.25) is 0 Å². The lowest BCUT2D eigenvalue weighted by Crippen LogP contribution is -2.31. The molecule has 0 aliphatic carbocycles. The highest BCUT2D eigenvalue weighted by atomic mass is 79.9. The first-order valence-corrected chi connectivity index (χ1v) is 5.19. The van der Waals surface area contributed by atoms with Crippen LogP contribution >= 0.6 is 17.0 Å². The first-order chi connectivity index (χ1) is 7.27. The molecule has 1 atom stereocenters. The van der Waals surface area contributed by atoms with Gasteiger partial charge >= 0.3 is 0 Å². The molecule has 2 aromatic rings. The zero-order valence-electron chi connectivity index (χ0n) is 8.97. The minimum atomic E-state index is 0. The second-order valence-electron chi connectivity index (χ2n) is 3.94. The van der Waals surface area contributed by atoms with E-state index in [2.05, 4.69) is 21.8 Å². The van der Waals surface area contributed by atoms with Crippen molar-refractivity contribution in [3.8, 4) is 5.75 Å². The number of phenolic OH excluding ortho intramolecular Hbond substituents is 1. The molecule has 1 aromatic carbocycles. The molecule has 5 heteroatoms. The van der Waals surface area contributed by atoms with Gasteiger partial charge in [0.25, 0.3) is 0 Å². The number of imidazole rings is 1. The molecule has 0 radical (unpaired) electrons. The summed E-state index contributed by atoms with van der Waals surface area (Å²) in [7, 11) is 0. The third-order valence-electron chi connectivity index (χ3n) is 2.96. The molecule has 0 fully saturated rings. The molecule has 4 nitrogen and oxygen atoms in total. The van der Waals surface area contributed by atoms with Crippen LogP contribution in [0.25, 0.3) is 11.0 Å². The van der Waals surface area contributed by atoms with E-state index < -0.39 is 0 Å². The van der Waals surface area contributed by atoms with Crippen molar-refractivity contribution in [1.29, 1.82) is 0 Å². The zero-order valence-corrected chi connectivity index (χ0v) is 10.7. The Morgan fingerprint density at radius 1 is 1.50 bits per heavy atom. The van der Waals surface area contributed by atoms with E-state index >= 15 is 0 Å². The second-order valence-corrected chi connectivity index (χ2v) is 3.94. The van der Waals surface area contributed by atoms with Crippen LogP contribution in [0, 0.1) is 0 Å². The van der Waals surface area contributed by atoms with Gasteiger partial charge < -0.3 is 15.0 Å². The van der Waals surface area contributed by atoms with Crippen molar-refractivity contribution < 1.29 is 5.11 Å². The van der Waals surface area contributed by atoms with Crippen LogP contribution < -0.4 is 5.32 Å². The van der Waals surface area contributed by atoms with Crippen molar-refractivity contribution >= 4 is 28.0 Å². The maximum absolute atomic E-state index is 9.71. The number of aromatic hydroxyl groups is 1. The number of phenols is 1. The Balaban J connectivity index is 0.000000963. The molecule has 0 saturated heterocycles. The number of halogens is 1. The van der Waals surface area contributed by atoms with Gasteiger partial charge in [-0.05, 0) is 19.1 Å². The molecule has 1 aromatic heterocycles. The molecule has 1 unspecified atom stereocenters. The molecular formula is C11H14BrN3O. The largest absolute Gasteiger partial charge is 0.506 e. The van der Waals surface area contributed by atoms with E-state index in [1.807, 2.05) is 12.1 Å². The highest BCUT2D eigenvalue weighted by Crippen LogP contribution is 2.28. The summed E-state index contributed by atoms with van der Waals surface area (Å²) < 4.78 is 2.18. The maximum atomic E-state index is 9.71. The van der Waals surface area contributed by atoms with Crippen molar-refractivity contribution in [2.24, 2.45) is 0 Å². The zero-order chi connectivity index (χ0) is 10.4. The number of benzene rings is 1. The van der Waals surface area contributed by atoms with E-state index in [0.29, 0.717) is 5.52 Å². The van der Waals surface area contributed by atoms with E-state index in [1.165, 1.54) is 0 Å². The van der Waals surface area contributed by atoms with Crippen LogP contribution in [0.4, 0.5) is 0 Å². The average Bonchev–Trinajstić information content (AvgIpc) is 2.60. The van der Waals surface area contributed by atoms with Gasteiger partial charge in [-0.2, -0.15) is 0 Å². The Bertz CT molecular complexity index is 523. The highest BCUT2D eigenvalue weighted by Gasteiger charge is 2.20. The number of nitrogens with zero attached hydrogens (tertiary/aromatic N) is 2. The standard InChI is InChI=1S/C11H13N3O.BrH/c1-7-11-13-10-8(3-2-4-9(10)15)14(11)6-5-12-7;/h2-4,7,12,15H,5-6H2,1H3;1H. The maximum Gasteiger partial charge on any atom is 0.143 e. The SMILES string of the molecule is Br.CC1NCCn2c1nc1c(O)cccc12. The first-order valence-electron chi connectivity index (χ1n) is 5.19. The average molecular weight is 284 g/mol. The fraction of sp³-hybridized carbons (Fsp3) is 0.364. The number of rotatable bonds is 0. The molecule has 2 N–H and O–H groups in total. The van der Waals surface area contributed by atoms with Gasteiger partial charge in [0.05, 0.1) is 11.6 Å². The summed E-state index contributed by atoms with van der Waals surface area (Å²) in [5.74, 6) is 1.28. The number of para-hydroxylation sites is 1. The Morgan fingerprint density at radius 2 is 2.31 bits per heavy atom. The molecule has 0 bridgehead atoms. The number of fused-ring (bicyclic) bond motifs is 3. The van der Waals surface area contributed by atoms with Crippen LogP contribution in [0.15, 0.2) is 18.2 Å². The van der Waals surface area contributed by atoms with Crippen LogP contribution in [0.5, 0.6) is 5.75 Å². The molecule has 2 heterocycles. The lowest BCUT2D eigenvalue weighted by atomic mass is 10.2. The fourth-order valence-corrected chi connectivity index (χ4v) is 2.20. The summed E-state index contributed by atoms with van der Waals surface area (Å²) >= 11 is 0. The fourth-order valence-electron chi connectivity index (χ4n) is 2.20. The van der Waals surface area contributed by atoms with Crippen molar-refractivity contribution in [1.82, 2.24) is 14.9 Å². The van der Waals surface area contributed by atoms with Gasteiger partial charge in [0.1, 0.15) is 17.1 Å². The van der Waals surface area contributed by atoms with Gasteiger partial charge in [0.2, 0.25) is 0 Å². The lowest BCUT2D eigenvalue weighted by Gasteiger charge is -2.21. The molecule has 0 amide bonds. The smallest absolute Gasteiger partial charge is 0.143 e. The Labute approximate surface area is 104 Å². The van der Waals surface area contributed by atoms with Gasteiger partial charge in [0.15, 0.2) is 0 Å². The van der Waals surface area contributed by atoms with Gasteiger partial charge in [-0.15, -0.1) is 17.0 Å². The number of aromatic nitrogens is 2. The van der Waals surface area contributed by atoms with Gasteiger partial charge in [-0.1, -0.05) is 6.07 Å². The highest BCUT2D eigenvalue weighted by molar-refractivity contribution is 8.93. The van der Waals surface area contributed by atoms with Crippen molar-refractivity contribution in [2.75, 3.05) is 6.54 Å². The Kier molecular flexibility index (Phi) is 2.90. The van der Waals surface area contributed by atoms with Crippen molar-refractivity contribution in [3.05, 3.63) is 24.0 Å². The molecular weight excluding hydrogens is 270 g/mol. The minimum Gasteiger partial charge on any atom is -0.506 e. The summed E-state index contributed by atoms with van der Waals surface area (Å²) in [5, 5.41) is 13.1. The summed E-state index contributed by atoms with van der Waals surface area (Å²) in [5.41, 5.74) is 1.74. The molecule has 86 valence electrons.